The Kier molecular flexibility index (Phi) is 4.25. The molecule has 0 saturated heterocycles. The highest BCUT2D eigenvalue weighted by molar-refractivity contribution is 5.90. The van der Waals surface area contributed by atoms with Gasteiger partial charge in [0.05, 0.1) is 13.1 Å². The van der Waals surface area contributed by atoms with Gasteiger partial charge in [-0.1, -0.05) is 18.2 Å². The van der Waals surface area contributed by atoms with Gasteiger partial charge in [0.25, 0.3) is 0 Å². The molecule has 0 aromatic heterocycles. The highest BCUT2D eigenvalue weighted by Gasteiger charge is 2.15. The molecule has 0 unspecified atom stereocenters. The topological polar surface area (TPSA) is 73.9 Å². The number of anilines is 2. The van der Waals surface area contributed by atoms with Crippen molar-refractivity contribution in [3.63, 3.8) is 0 Å². The van der Waals surface area contributed by atoms with Crippen LogP contribution >= 0.6 is 0 Å². The molecule has 0 atom stereocenters. The first-order valence-electron chi connectivity index (χ1n) is 7.39. The number of hydrogen-bond acceptors (Lipinski definition) is 5. The number of rotatable bonds is 5. The van der Waals surface area contributed by atoms with Crippen molar-refractivity contribution in [1.29, 1.82) is 0 Å². The summed E-state index contributed by atoms with van der Waals surface area (Å²) in [6.07, 6.45) is 0. The van der Waals surface area contributed by atoms with Gasteiger partial charge in [-0.05, 0) is 29.8 Å². The van der Waals surface area contributed by atoms with Crippen molar-refractivity contribution in [1.82, 2.24) is 5.32 Å². The molecule has 0 amide bonds. The number of amidine groups is 1. The first kappa shape index (κ1) is 14.4. The molecule has 22 heavy (non-hydrogen) atoms. The summed E-state index contributed by atoms with van der Waals surface area (Å²) in [5.74, 6) is 1.22. The summed E-state index contributed by atoms with van der Waals surface area (Å²) >= 11 is 0. The van der Waals surface area contributed by atoms with E-state index in [1.807, 2.05) is 36.4 Å². The first-order valence-corrected chi connectivity index (χ1v) is 7.39. The van der Waals surface area contributed by atoms with Gasteiger partial charge in [0.15, 0.2) is 0 Å². The van der Waals surface area contributed by atoms with Gasteiger partial charge in [-0.25, -0.2) is 0 Å². The lowest BCUT2D eigenvalue weighted by Gasteiger charge is -2.25. The maximum absolute atomic E-state index is 9.76. The van der Waals surface area contributed by atoms with Crippen molar-refractivity contribution >= 4 is 17.2 Å². The SMILES string of the molecule is NCc1ccc(N(CC2=NCCN2)c2cccc(O)c2)cc1. The molecule has 114 valence electrons. The molecule has 0 bridgehead atoms. The van der Waals surface area contributed by atoms with Crippen LogP contribution in [0.1, 0.15) is 5.56 Å². The van der Waals surface area contributed by atoms with Crippen LogP contribution in [-0.4, -0.2) is 30.6 Å². The molecule has 2 aromatic carbocycles. The highest BCUT2D eigenvalue weighted by Crippen LogP contribution is 2.28. The van der Waals surface area contributed by atoms with Crippen molar-refractivity contribution in [2.45, 2.75) is 6.54 Å². The summed E-state index contributed by atoms with van der Waals surface area (Å²) in [6, 6.07) is 15.4. The number of aliphatic imine (C=N–C) groups is 1. The average molecular weight is 296 g/mol. The van der Waals surface area contributed by atoms with Crippen molar-refractivity contribution in [2.75, 3.05) is 24.5 Å². The van der Waals surface area contributed by atoms with Crippen LogP contribution in [0.4, 0.5) is 11.4 Å². The second-order valence-corrected chi connectivity index (χ2v) is 5.23. The Balaban J connectivity index is 1.93. The van der Waals surface area contributed by atoms with Crippen LogP contribution in [0.15, 0.2) is 53.5 Å². The fourth-order valence-corrected chi connectivity index (χ4v) is 2.51. The van der Waals surface area contributed by atoms with E-state index in [2.05, 4.69) is 15.2 Å². The van der Waals surface area contributed by atoms with E-state index in [0.717, 1.165) is 35.9 Å². The quantitative estimate of drug-likeness (QED) is 0.789. The minimum atomic E-state index is 0.252. The standard InChI is InChI=1S/C17H20N4O/c18-11-13-4-6-14(7-5-13)21(12-17-19-8-9-20-17)15-2-1-3-16(22)10-15/h1-7,10,22H,8-9,11-12,18H2,(H,19,20). The number of aromatic hydroxyl groups is 1. The van der Waals surface area contributed by atoms with E-state index in [-0.39, 0.29) is 5.75 Å². The van der Waals surface area contributed by atoms with Gasteiger partial charge in [0.2, 0.25) is 0 Å². The maximum Gasteiger partial charge on any atom is 0.117 e. The molecule has 0 fully saturated rings. The summed E-state index contributed by atoms with van der Waals surface area (Å²) in [5.41, 5.74) is 8.73. The lowest BCUT2D eigenvalue weighted by atomic mass is 10.1. The zero-order valence-corrected chi connectivity index (χ0v) is 12.4. The van der Waals surface area contributed by atoms with E-state index in [1.54, 1.807) is 12.1 Å². The van der Waals surface area contributed by atoms with Crippen LogP contribution in [0.2, 0.25) is 0 Å². The predicted octanol–water partition coefficient (Wildman–Crippen LogP) is 1.99. The van der Waals surface area contributed by atoms with Gasteiger partial charge in [0.1, 0.15) is 11.6 Å². The minimum absolute atomic E-state index is 0.252. The van der Waals surface area contributed by atoms with Gasteiger partial charge in [-0.2, -0.15) is 0 Å². The Morgan fingerprint density at radius 1 is 1.14 bits per heavy atom. The molecule has 4 N–H and O–H groups in total. The number of nitrogens with one attached hydrogen (secondary N) is 1. The fourth-order valence-electron chi connectivity index (χ4n) is 2.51. The van der Waals surface area contributed by atoms with Crippen molar-refractivity contribution in [3.05, 3.63) is 54.1 Å². The molecular formula is C17H20N4O. The molecular weight excluding hydrogens is 276 g/mol. The zero-order chi connectivity index (χ0) is 15.4. The molecule has 1 heterocycles. The summed E-state index contributed by atoms with van der Waals surface area (Å²) in [6.45, 7) is 2.87. The number of nitrogens with two attached hydrogens (primary N) is 1. The second kappa shape index (κ2) is 6.49. The molecule has 1 aliphatic rings. The third-order valence-corrected chi connectivity index (χ3v) is 3.68. The van der Waals surface area contributed by atoms with E-state index in [0.29, 0.717) is 13.1 Å². The Hall–Kier alpha value is -2.53. The molecule has 0 aliphatic carbocycles. The molecule has 2 aromatic rings. The number of phenolic OH excluding ortho intramolecular Hbond substituents is 1. The molecule has 5 nitrogen and oxygen atoms in total. The first-order chi connectivity index (χ1) is 10.8. The third-order valence-electron chi connectivity index (χ3n) is 3.68. The Bertz CT molecular complexity index is 667. The summed E-state index contributed by atoms with van der Waals surface area (Å²) in [7, 11) is 0. The lowest BCUT2D eigenvalue weighted by Crippen LogP contribution is -2.32. The van der Waals surface area contributed by atoms with Gasteiger partial charge in [-0.3, -0.25) is 4.99 Å². The van der Waals surface area contributed by atoms with Crippen molar-refractivity contribution in [2.24, 2.45) is 10.7 Å². The van der Waals surface area contributed by atoms with Crippen LogP contribution in [0.3, 0.4) is 0 Å². The van der Waals surface area contributed by atoms with Gasteiger partial charge in [-0.15, -0.1) is 0 Å². The van der Waals surface area contributed by atoms with E-state index in [4.69, 9.17) is 5.73 Å². The number of benzene rings is 2. The van der Waals surface area contributed by atoms with E-state index in [1.165, 1.54) is 0 Å². The predicted molar refractivity (Wildman–Crippen MR) is 89.8 cm³/mol. The normalized spacial score (nSPS) is 13.6. The van der Waals surface area contributed by atoms with Crippen LogP contribution in [0.5, 0.6) is 5.75 Å². The van der Waals surface area contributed by atoms with Crippen LogP contribution in [-0.2, 0) is 6.54 Å². The summed E-state index contributed by atoms with van der Waals surface area (Å²) in [5, 5.41) is 13.1. The van der Waals surface area contributed by atoms with Crippen LogP contribution in [0.25, 0.3) is 0 Å². The monoisotopic (exact) mass is 296 g/mol. The average Bonchev–Trinajstić information content (AvgIpc) is 3.06. The molecule has 5 heteroatoms. The minimum Gasteiger partial charge on any atom is -0.508 e. The molecule has 0 spiro atoms. The third kappa shape index (κ3) is 3.20. The van der Waals surface area contributed by atoms with Crippen LogP contribution < -0.4 is 16.0 Å². The van der Waals surface area contributed by atoms with E-state index >= 15 is 0 Å². The smallest absolute Gasteiger partial charge is 0.117 e. The van der Waals surface area contributed by atoms with Gasteiger partial charge in [0, 0.05) is 30.5 Å². The van der Waals surface area contributed by atoms with Crippen molar-refractivity contribution < 1.29 is 5.11 Å². The number of phenols is 1. The number of hydrogen-bond donors (Lipinski definition) is 3. The molecule has 1 aliphatic heterocycles. The summed E-state index contributed by atoms with van der Waals surface area (Å²) in [4.78, 5) is 6.59. The molecule has 3 rings (SSSR count). The number of nitrogens with zero attached hydrogens (tertiary/aromatic N) is 2. The maximum atomic E-state index is 9.76. The van der Waals surface area contributed by atoms with Crippen molar-refractivity contribution in [3.8, 4) is 5.75 Å². The second-order valence-electron chi connectivity index (χ2n) is 5.23. The Morgan fingerprint density at radius 3 is 2.59 bits per heavy atom. The molecule has 0 radical (unpaired) electrons. The highest BCUT2D eigenvalue weighted by atomic mass is 16.3. The fraction of sp³-hybridized carbons (Fsp3) is 0.235. The van der Waals surface area contributed by atoms with Crippen LogP contribution in [0, 0.1) is 0 Å². The summed E-state index contributed by atoms with van der Waals surface area (Å²) < 4.78 is 0. The largest absolute Gasteiger partial charge is 0.508 e. The van der Waals surface area contributed by atoms with E-state index < -0.39 is 0 Å². The van der Waals surface area contributed by atoms with E-state index in [9.17, 15) is 5.11 Å². The van der Waals surface area contributed by atoms with Gasteiger partial charge >= 0.3 is 0 Å². The lowest BCUT2D eigenvalue weighted by molar-refractivity contribution is 0.475. The Morgan fingerprint density at radius 2 is 1.95 bits per heavy atom. The molecule has 0 saturated carbocycles. The zero-order valence-electron chi connectivity index (χ0n) is 12.4. The Labute approximate surface area is 130 Å². The van der Waals surface area contributed by atoms with Gasteiger partial charge < -0.3 is 21.1 Å².